The Balaban J connectivity index is 2.08. The molecule has 0 radical (unpaired) electrons. The molecule has 1 saturated carbocycles. The summed E-state index contributed by atoms with van der Waals surface area (Å²) in [5.41, 5.74) is -3.06. The van der Waals surface area contributed by atoms with Crippen LogP contribution < -0.4 is 0 Å². The molecule has 10 nitrogen and oxygen atoms in total. The van der Waals surface area contributed by atoms with Gasteiger partial charge in [-0.2, -0.15) is 0 Å². The summed E-state index contributed by atoms with van der Waals surface area (Å²) in [6.45, 7) is 5.06. The molecular formula is C19H28O10. The number of hydrogen-bond acceptors (Lipinski definition) is 10. The molecule has 1 aliphatic carbocycles. The van der Waals surface area contributed by atoms with Crippen LogP contribution in [0.4, 0.5) is 0 Å². The third kappa shape index (κ3) is 3.04. The van der Waals surface area contributed by atoms with Crippen LogP contribution in [0.2, 0.25) is 0 Å². The topological polar surface area (TPSA) is 116 Å². The van der Waals surface area contributed by atoms with E-state index >= 15 is 0 Å². The predicted octanol–water partition coefficient (Wildman–Crippen LogP) is 0.698. The smallest absolute Gasteiger partial charge is 0.350 e. The van der Waals surface area contributed by atoms with E-state index in [1.165, 1.54) is 21.3 Å². The predicted molar refractivity (Wildman–Crippen MR) is 94.3 cm³/mol. The second-order valence-electron chi connectivity index (χ2n) is 7.89. The fraction of sp³-hybridized carbons (Fsp3) is 0.842. The van der Waals surface area contributed by atoms with Crippen LogP contribution in [0.1, 0.15) is 40.0 Å². The molecule has 0 aromatic rings. The maximum atomic E-state index is 13.1. The molecule has 2 bridgehead atoms. The molecule has 164 valence electrons. The minimum absolute atomic E-state index is 0.000596. The first-order valence-electron chi connectivity index (χ1n) is 9.49. The van der Waals surface area contributed by atoms with Crippen molar-refractivity contribution in [2.75, 3.05) is 27.9 Å². The van der Waals surface area contributed by atoms with Crippen LogP contribution >= 0.6 is 0 Å². The van der Waals surface area contributed by atoms with Crippen LogP contribution in [-0.2, 0) is 47.5 Å². The monoisotopic (exact) mass is 416 g/mol. The van der Waals surface area contributed by atoms with Crippen molar-refractivity contribution in [2.24, 2.45) is 5.41 Å². The lowest BCUT2D eigenvalue weighted by molar-refractivity contribution is -0.459. The number of methoxy groups -OCH3 is 3. The number of fused-ring (bicyclic) bond motifs is 4. The highest BCUT2D eigenvalue weighted by molar-refractivity contribution is 5.93. The van der Waals surface area contributed by atoms with E-state index in [0.29, 0.717) is 0 Å². The van der Waals surface area contributed by atoms with Gasteiger partial charge in [0.2, 0.25) is 17.2 Å². The second-order valence-corrected chi connectivity index (χ2v) is 7.89. The van der Waals surface area contributed by atoms with Crippen molar-refractivity contribution in [3.05, 3.63) is 0 Å². The van der Waals surface area contributed by atoms with Crippen LogP contribution in [-0.4, -0.2) is 75.2 Å². The van der Waals surface area contributed by atoms with E-state index in [2.05, 4.69) is 0 Å². The lowest BCUT2D eigenvalue weighted by Gasteiger charge is -2.56. The second kappa shape index (κ2) is 7.19. The highest BCUT2D eigenvalue weighted by Gasteiger charge is 2.75. The summed E-state index contributed by atoms with van der Waals surface area (Å²) in [7, 11) is 4.07. The number of ether oxygens (including phenoxy) is 7. The van der Waals surface area contributed by atoms with E-state index in [-0.39, 0.29) is 25.9 Å². The molecule has 0 aromatic carbocycles. The summed E-state index contributed by atoms with van der Waals surface area (Å²) >= 11 is 0. The van der Waals surface area contributed by atoms with Crippen LogP contribution in [0.3, 0.4) is 0 Å². The first-order valence-corrected chi connectivity index (χ1v) is 9.49. The zero-order chi connectivity index (χ0) is 21.7. The van der Waals surface area contributed by atoms with Crippen LogP contribution in [0.15, 0.2) is 0 Å². The Morgan fingerprint density at radius 2 is 1.72 bits per heavy atom. The van der Waals surface area contributed by atoms with Crippen molar-refractivity contribution in [3.63, 3.8) is 0 Å². The molecule has 10 heteroatoms. The lowest BCUT2D eigenvalue weighted by atomic mass is 9.64. The van der Waals surface area contributed by atoms with Crippen molar-refractivity contribution in [1.82, 2.24) is 0 Å². The molecule has 3 rings (SSSR count). The molecule has 3 aliphatic rings. The summed E-state index contributed by atoms with van der Waals surface area (Å²) in [5.74, 6) is -4.78. The third-order valence-corrected chi connectivity index (χ3v) is 6.36. The van der Waals surface area contributed by atoms with Gasteiger partial charge in [0, 0.05) is 27.1 Å². The van der Waals surface area contributed by atoms with E-state index in [1.807, 2.05) is 0 Å². The highest BCUT2D eigenvalue weighted by atomic mass is 16.8. The van der Waals surface area contributed by atoms with Crippen molar-refractivity contribution < 1.29 is 47.5 Å². The standard InChI is InChI=1S/C19H28O10/c1-7-26-12(20)9-18-10-19(15(22)23-4,29-14(18)21)8-11-13(18)28-17(3,25-6)16(2,24-5)27-11/h11,13H,7-10H2,1-6H3/t11-,13+,16+,17+,18-,19-/m1/s1. The maximum Gasteiger partial charge on any atom is 0.350 e. The van der Waals surface area contributed by atoms with Crippen molar-refractivity contribution in [1.29, 1.82) is 0 Å². The van der Waals surface area contributed by atoms with Gasteiger partial charge < -0.3 is 33.2 Å². The molecule has 2 heterocycles. The molecule has 29 heavy (non-hydrogen) atoms. The quantitative estimate of drug-likeness (QED) is 0.452. The molecular weight excluding hydrogens is 388 g/mol. The van der Waals surface area contributed by atoms with Gasteiger partial charge in [-0.1, -0.05) is 0 Å². The summed E-state index contributed by atoms with van der Waals surface area (Å²) in [6.07, 6.45) is -2.13. The molecule has 0 spiro atoms. The van der Waals surface area contributed by atoms with Crippen molar-refractivity contribution in [3.8, 4) is 0 Å². The maximum absolute atomic E-state index is 13.1. The fourth-order valence-electron chi connectivity index (χ4n) is 4.61. The normalized spacial score (nSPS) is 43.3. The van der Waals surface area contributed by atoms with Gasteiger partial charge >= 0.3 is 17.9 Å². The lowest BCUT2D eigenvalue weighted by Crippen LogP contribution is -2.70. The van der Waals surface area contributed by atoms with Crippen LogP contribution in [0.5, 0.6) is 0 Å². The molecule has 0 aromatic heterocycles. The number of hydrogen-bond donors (Lipinski definition) is 0. The van der Waals surface area contributed by atoms with Gasteiger partial charge in [0.1, 0.15) is 11.5 Å². The van der Waals surface area contributed by atoms with Gasteiger partial charge in [-0.25, -0.2) is 4.79 Å². The van der Waals surface area contributed by atoms with E-state index in [1.54, 1.807) is 20.8 Å². The van der Waals surface area contributed by atoms with Crippen molar-refractivity contribution >= 4 is 17.9 Å². The number of esters is 3. The van der Waals surface area contributed by atoms with Crippen LogP contribution in [0.25, 0.3) is 0 Å². The SMILES string of the molecule is CCOC(=O)C[C@@]12C[C@@](C(=O)OC)(C[C@H]3O[C@](C)(OC)[C@@](C)(OC)O[C@@H]31)OC2=O. The minimum atomic E-state index is -1.57. The minimum Gasteiger partial charge on any atom is -0.466 e. The number of carbonyl (C=O) groups excluding carboxylic acids is 3. The Hall–Kier alpha value is -1.75. The Bertz CT molecular complexity index is 709. The van der Waals surface area contributed by atoms with E-state index in [4.69, 9.17) is 33.2 Å². The van der Waals surface area contributed by atoms with Gasteiger partial charge in [0.25, 0.3) is 0 Å². The molecule has 6 atom stereocenters. The molecule has 2 saturated heterocycles. The van der Waals surface area contributed by atoms with Gasteiger partial charge in [0.15, 0.2) is 0 Å². The van der Waals surface area contributed by atoms with E-state index in [9.17, 15) is 14.4 Å². The summed E-state index contributed by atoms with van der Waals surface area (Å²) in [6, 6.07) is 0. The Kier molecular flexibility index (Phi) is 5.44. The number of carbonyl (C=O) groups is 3. The first kappa shape index (κ1) is 21.9. The van der Waals surface area contributed by atoms with Gasteiger partial charge in [-0.05, 0) is 20.8 Å². The fourth-order valence-corrected chi connectivity index (χ4v) is 4.61. The Morgan fingerprint density at radius 1 is 1.10 bits per heavy atom. The largest absolute Gasteiger partial charge is 0.466 e. The van der Waals surface area contributed by atoms with Crippen molar-refractivity contribution in [2.45, 2.75) is 69.4 Å². The molecule has 0 unspecified atom stereocenters. The van der Waals surface area contributed by atoms with E-state index in [0.717, 1.165) is 0 Å². The van der Waals surface area contributed by atoms with Gasteiger partial charge in [0.05, 0.1) is 26.2 Å². The Labute approximate surface area is 169 Å². The van der Waals surface area contributed by atoms with E-state index < -0.39 is 52.7 Å². The van der Waals surface area contributed by atoms with Crippen LogP contribution in [0, 0.1) is 5.41 Å². The zero-order valence-electron chi connectivity index (χ0n) is 17.6. The first-order chi connectivity index (χ1) is 13.5. The summed E-state index contributed by atoms with van der Waals surface area (Å²) in [4.78, 5) is 38.0. The Morgan fingerprint density at radius 3 is 2.28 bits per heavy atom. The van der Waals surface area contributed by atoms with Gasteiger partial charge in [-0.3, -0.25) is 9.59 Å². The summed E-state index contributed by atoms with van der Waals surface area (Å²) in [5, 5.41) is 0. The average Bonchev–Trinajstić information content (AvgIpc) is 2.92. The molecule has 3 fully saturated rings. The average molecular weight is 416 g/mol. The molecule has 2 aliphatic heterocycles. The molecule has 0 N–H and O–H groups in total. The number of rotatable bonds is 6. The zero-order valence-corrected chi connectivity index (χ0v) is 17.6. The molecule has 0 amide bonds. The third-order valence-electron chi connectivity index (χ3n) is 6.36. The van der Waals surface area contributed by atoms with Gasteiger partial charge in [-0.15, -0.1) is 0 Å². The summed E-state index contributed by atoms with van der Waals surface area (Å²) < 4.78 is 39.0. The highest BCUT2D eigenvalue weighted by Crippen LogP contribution is 2.59.